The van der Waals surface area contributed by atoms with Crippen LogP contribution in [0.3, 0.4) is 0 Å². The first kappa shape index (κ1) is 30.0. The Kier molecular flexibility index (Phi) is 8.06. The highest BCUT2D eigenvalue weighted by Crippen LogP contribution is 2.56. The van der Waals surface area contributed by atoms with Crippen LogP contribution < -0.4 is 4.90 Å². The lowest BCUT2D eigenvalue weighted by molar-refractivity contribution is 0.761. The van der Waals surface area contributed by atoms with Crippen LogP contribution in [0.1, 0.15) is 40.3 Å². The van der Waals surface area contributed by atoms with Gasteiger partial charge in [-0.1, -0.05) is 151 Å². The van der Waals surface area contributed by atoms with Crippen LogP contribution >= 0.6 is 0 Å². The van der Waals surface area contributed by atoms with Gasteiger partial charge in [-0.2, -0.15) is 0 Å². The van der Waals surface area contributed by atoms with Crippen molar-refractivity contribution < 1.29 is 0 Å². The average Bonchev–Trinajstić information content (AvgIpc) is 3.39. The first-order valence-electron chi connectivity index (χ1n) is 16.3. The Morgan fingerprint density at radius 3 is 1.62 bits per heavy atom. The van der Waals surface area contributed by atoms with Crippen LogP contribution in [0.25, 0.3) is 16.7 Å². The molecule has 0 saturated heterocycles. The number of hydrogen-bond donors (Lipinski definition) is 0. The van der Waals surface area contributed by atoms with E-state index in [1.165, 1.54) is 55.7 Å². The average molecular weight is 606 g/mol. The largest absolute Gasteiger partial charge is 0.310 e. The molecule has 7 rings (SSSR count). The third-order valence-corrected chi connectivity index (χ3v) is 9.40. The zero-order valence-electron chi connectivity index (χ0n) is 27.3. The third-order valence-electron chi connectivity index (χ3n) is 9.40. The number of rotatable bonds is 8. The third kappa shape index (κ3) is 5.24. The summed E-state index contributed by atoms with van der Waals surface area (Å²) in [5, 5.41) is 0. The minimum absolute atomic E-state index is 0.539. The van der Waals surface area contributed by atoms with Crippen LogP contribution in [0.15, 0.2) is 182 Å². The molecule has 1 nitrogen and oxygen atoms in total. The predicted octanol–water partition coefficient (Wildman–Crippen LogP) is 12.3. The number of allylic oxidation sites excluding steroid dienone is 5. The maximum atomic E-state index is 4.42. The van der Waals surface area contributed by atoms with Crippen molar-refractivity contribution in [2.45, 2.75) is 26.2 Å². The Balaban J connectivity index is 1.49. The van der Waals surface area contributed by atoms with E-state index in [0.29, 0.717) is 0 Å². The Morgan fingerprint density at radius 1 is 0.553 bits per heavy atom. The lowest BCUT2D eigenvalue weighted by Crippen LogP contribution is -2.29. The Labute approximate surface area is 279 Å². The molecular formula is C46H39N. The van der Waals surface area contributed by atoms with Crippen molar-refractivity contribution in [3.8, 4) is 11.1 Å². The summed E-state index contributed by atoms with van der Waals surface area (Å²) in [4.78, 5) is 2.37. The molecule has 0 unspecified atom stereocenters. The molecule has 1 aliphatic rings. The van der Waals surface area contributed by atoms with Gasteiger partial charge in [0.1, 0.15) is 0 Å². The van der Waals surface area contributed by atoms with E-state index in [4.69, 9.17) is 0 Å². The summed E-state index contributed by atoms with van der Waals surface area (Å²) >= 11 is 0. The Bertz CT molecular complexity index is 2030. The topological polar surface area (TPSA) is 3.24 Å². The molecule has 6 aromatic carbocycles. The zero-order valence-corrected chi connectivity index (χ0v) is 27.3. The molecule has 1 aliphatic carbocycles. The summed E-state index contributed by atoms with van der Waals surface area (Å²) in [6, 6.07) is 55.2. The minimum Gasteiger partial charge on any atom is -0.310 e. The monoisotopic (exact) mass is 605 g/mol. The Morgan fingerprint density at radius 2 is 1.06 bits per heavy atom. The molecule has 0 amide bonds. The molecule has 0 aromatic heterocycles. The molecule has 0 spiro atoms. The maximum Gasteiger partial charge on any atom is 0.0714 e. The van der Waals surface area contributed by atoms with Crippen molar-refractivity contribution >= 4 is 22.6 Å². The van der Waals surface area contributed by atoms with Crippen LogP contribution in [0.2, 0.25) is 0 Å². The fourth-order valence-electron chi connectivity index (χ4n) is 7.17. The summed E-state index contributed by atoms with van der Waals surface area (Å²) < 4.78 is 0. The molecule has 0 N–H and O–H groups in total. The second-order valence-corrected chi connectivity index (χ2v) is 12.3. The second-order valence-electron chi connectivity index (χ2n) is 12.3. The van der Waals surface area contributed by atoms with Crippen LogP contribution in [0.4, 0.5) is 17.1 Å². The lowest BCUT2D eigenvalue weighted by atomic mass is 9.66. The molecule has 0 bridgehead atoms. The number of aryl methyl sites for hydroxylation is 2. The molecule has 0 radical (unpaired) electrons. The number of para-hydroxylation sites is 1. The van der Waals surface area contributed by atoms with Crippen LogP contribution in [-0.2, 0) is 5.41 Å². The van der Waals surface area contributed by atoms with Crippen LogP contribution in [0.5, 0.6) is 0 Å². The normalized spacial score (nSPS) is 13.5. The summed E-state index contributed by atoms with van der Waals surface area (Å²) in [5.74, 6) is 0. The highest BCUT2D eigenvalue weighted by Gasteiger charge is 2.46. The van der Waals surface area contributed by atoms with E-state index in [0.717, 1.165) is 17.1 Å². The number of fused-ring (bicyclic) bond motifs is 1. The van der Waals surface area contributed by atoms with Gasteiger partial charge in [0.05, 0.1) is 5.41 Å². The minimum atomic E-state index is -0.539. The first-order valence-corrected chi connectivity index (χ1v) is 16.3. The number of hydrogen-bond acceptors (Lipinski definition) is 1. The molecule has 0 heterocycles. The molecule has 0 saturated carbocycles. The van der Waals surface area contributed by atoms with Gasteiger partial charge in [-0.25, -0.2) is 0 Å². The van der Waals surface area contributed by atoms with Gasteiger partial charge in [-0.05, 0) is 102 Å². The van der Waals surface area contributed by atoms with Crippen LogP contribution in [-0.4, -0.2) is 0 Å². The zero-order chi connectivity index (χ0) is 32.4. The first-order chi connectivity index (χ1) is 23.0. The summed E-state index contributed by atoms with van der Waals surface area (Å²) in [7, 11) is 0. The second kappa shape index (κ2) is 12.6. The van der Waals surface area contributed by atoms with Gasteiger partial charge >= 0.3 is 0 Å². The summed E-state index contributed by atoms with van der Waals surface area (Å²) in [6.07, 6.45) is 6.46. The lowest BCUT2D eigenvalue weighted by Gasteiger charge is -2.36. The maximum absolute atomic E-state index is 4.42. The Hall–Kier alpha value is -5.66. The molecule has 0 aliphatic heterocycles. The van der Waals surface area contributed by atoms with Gasteiger partial charge in [0.25, 0.3) is 0 Å². The molecule has 0 atom stereocenters. The quantitative estimate of drug-likeness (QED) is 0.167. The molecule has 228 valence electrons. The van der Waals surface area contributed by atoms with Crippen LogP contribution in [0, 0.1) is 13.8 Å². The molecule has 47 heavy (non-hydrogen) atoms. The van der Waals surface area contributed by atoms with Gasteiger partial charge in [0.15, 0.2) is 0 Å². The van der Waals surface area contributed by atoms with E-state index in [9.17, 15) is 0 Å². The highest BCUT2D eigenvalue weighted by atomic mass is 15.1. The fraction of sp³-hybridized carbons (Fsp3) is 0.0870. The van der Waals surface area contributed by atoms with E-state index in [1.807, 2.05) is 0 Å². The van der Waals surface area contributed by atoms with E-state index >= 15 is 0 Å². The standard InChI is InChI=1S/C46H39N/c1-5-13-42-43-31-30-41(47(39-16-11-8-12-17-39)40-28-22-36(23-29-40)35-14-9-7-10-15-35)32-45(43)46(44(42)6-2,37-24-18-33(3)19-25-37)38-26-20-34(4)21-27-38/h5-32H,2H2,1,3-4H3/b13-5-. The van der Waals surface area contributed by atoms with Gasteiger partial charge in [0.2, 0.25) is 0 Å². The highest BCUT2D eigenvalue weighted by molar-refractivity contribution is 5.93. The van der Waals surface area contributed by atoms with Crippen molar-refractivity contribution in [2.24, 2.45) is 0 Å². The molecule has 0 fully saturated rings. The summed E-state index contributed by atoms with van der Waals surface area (Å²) in [6.45, 7) is 10.8. The van der Waals surface area contributed by atoms with Crippen molar-refractivity contribution in [3.05, 3.63) is 215 Å². The predicted molar refractivity (Wildman–Crippen MR) is 201 cm³/mol. The number of nitrogens with zero attached hydrogens (tertiary/aromatic N) is 1. The molecule has 6 aromatic rings. The van der Waals surface area contributed by atoms with Gasteiger partial charge in [-0.3, -0.25) is 0 Å². The van der Waals surface area contributed by atoms with Gasteiger partial charge < -0.3 is 4.90 Å². The number of anilines is 3. The molecular weight excluding hydrogens is 567 g/mol. The van der Waals surface area contributed by atoms with Crippen molar-refractivity contribution in [1.29, 1.82) is 0 Å². The molecule has 1 heteroatoms. The van der Waals surface area contributed by atoms with E-state index < -0.39 is 5.41 Å². The smallest absolute Gasteiger partial charge is 0.0714 e. The fourth-order valence-corrected chi connectivity index (χ4v) is 7.17. The van der Waals surface area contributed by atoms with Crippen molar-refractivity contribution in [1.82, 2.24) is 0 Å². The van der Waals surface area contributed by atoms with Gasteiger partial charge in [0, 0.05) is 17.1 Å². The number of benzene rings is 6. The summed E-state index contributed by atoms with van der Waals surface area (Å²) in [5.41, 5.74) is 15.1. The van der Waals surface area contributed by atoms with E-state index in [2.05, 4.69) is 202 Å². The van der Waals surface area contributed by atoms with E-state index in [-0.39, 0.29) is 0 Å². The van der Waals surface area contributed by atoms with E-state index in [1.54, 1.807) is 0 Å². The van der Waals surface area contributed by atoms with Crippen molar-refractivity contribution in [3.63, 3.8) is 0 Å². The van der Waals surface area contributed by atoms with Crippen molar-refractivity contribution in [2.75, 3.05) is 4.90 Å². The SMILES string of the molecule is C=CC1=C(/C=C\C)c2ccc(N(c3ccccc3)c3ccc(-c4ccccc4)cc3)cc2C1(c1ccc(C)cc1)c1ccc(C)cc1. The van der Waals surface area contributed by atoms with Gasteiger partial charge in [-0.15, -0.1) is 0 Å².